The lowest BCUT2D eigenvalue weighted by Crippen LogP contribution is -2.43. The van der Waals surface area contributed by atoms with Gasteiger partial charge in [0, 0.05) is 7.05 Å². The molecule has 10 heteroatoms. The second kappa shape index (κ2) is 6.61. The normalized spacial score (nSPS) is 32.0. The molecule has 0 aliphatic carbocycles. The highest BCUT2D eigenvalue weighted by molar-refractivity contribution is 6.31. The molecule has 144 valence electrons. The molecule has 4 unspecified atom stereocenters. The van der Waals surface area contributed by atoms with E-state index in [0.29, 0.717) is 11.0 Å². The molecule has 1 aromatic rings. The van der Waals surface area contributed by atoms with E-state index in [1.165, 1.54) is 20.5 Å². The Morgan fingerprint density at radius 2 is 2.11 bits per heavy atom. The molecule has 0 N–H and O–H groups in total. The Kier molecular flexibility index (Phi) is 4.52. The van der Waals surface area contributed by atoms with Crippen molar-refractivity contribution in [2.24, 2.45) is 0 Å². The maximum absolute atomic E-state index is 12.6. The van der Waals surface area contributed by atoms with Gasteiger partial charge < -0.3 is 14.2 Å². The van der Waals surface area contributed by atoms with E-state index in [1.54, 1.807) is 17.0 Å². The summed E-state index contributed by atoms with van der Waals surface area (Å²) in [5.74, 6) is -0.524. The second-order valence-electron chi connectivity index (χ2n) is 6.88. The van der Waals surface area contributed by atoms with Gasteiger partial charge in [0.2, 0.25) is 6.33 Å². The van der Waals surface area contributed by atoms with Crippen LogP contribution in [0.1, 0.15) is 19.4 Å². The Bertz CT molecular complexity index is 843. The van der Waals surface area contributed by atoms with Gasteiger partial charge in [0.1, 0.15) is 35.2 Å². The quantitative estimate of drug-likeness (QED) is 0.431. The number of nitrogens with zero attached hydrogens (tertiary/aromatic N) is 4. The zero-order valence-corrected chi connectivity index (χ0v) is 16.1. The lowest BCUT2D eigenvalue weighted by molar-refractivity contribution is -0.359. The van der Waals surface area contributed by atoms with Gasteiger partial charge in [-0.25, -0.2) is 9.64 Å². The fourth-order valence-corrected chi connectivity index (χ4v) is 3.63. The van der Waals surface area contributed by atoms with Gasteiger partial charge in [-0.15, -0.1) is 0 Å². The van der Waals surface area contributed by atoms with Crippen molar-refractivity contribution < 1.29 is 28.4 Å². The summed E-state index contributed by atoms with van der Waals surface area (Å²) in [6, 6.07) is 0. The van der Waals surface area contributed by atoms with Gasteiger partial charge in [0.15, 0.2) is 11.9 Å². The van der Waals surface area contributed by atoms with Gasteiger partial charge in [-0.1, -0.05) is 11.6 Å². The molecule has 0 aromatic carbocycles. The molecule has 0 radical (unpaired) electrons. The second-order valence-corrected chi connectivity index (χ2v) is 7.24. The fraction of sp³-hybridized carbons (Fsp3) is 0.529. The maximum Gasteiger partial charge on any atom is 0.339 e. The molecule has 2 fully saturated rings. The van der Waals surface area contributed by atoms with E-state index in [-0.39, 0.29) is 5.91 Å². The third kappa shape index (κ3) is 3.15. The third-order valence-corrected chi connectivity index (χ3v) is 4.99. The van der Waals surface area contributed by atoms with Crippen molar-refractivity contribution in [1.82, 2.24) is 15.0 Å². The average Bonchev–Trinajstić information content (AvgIpc) is 3.27. The average molecular weight is 396 g/mol. The zero-order valence-electron chi connectivity index (χ0n) is 15.3. The van der Waals surface area contributed by atoms with E-state index in [0.717, 1.165) is 10.6 Å². The predicted octanol–water partition coefficient (Wildman–Crippen LogP) is 1.14. The summed E-state index contributed by atoms with van der Waals surface area (Å²) in [5.41, 5.74) is 0.723. The molecule has 3 aliphatic rings. The minimum atomic E-state index is -0.844. The first-order valence-electron chi connectivity index (χ1n) is 8.45. The van der Waals surface area contributed by atoms with Crippen molar-refractivity contribution in [2.75, 3.05) is 14.2 Å². The maximum atomic E-state index is 12.6. The van der Waals surface area contributed by atoms with Gasteiger partial charge in [0.25, 0.3) is 5.91 Å². The molecule has 4 rings (SSSR count). The Hall–Kier alpha value is -1.91. The van der Waals surface area contributed by atoms with E-state index >= 15 is 0 Å². The van der Waals surface area contributed by atoms with Crippen molar-refractivity contribution in [3.63, 3.8) is 0 Å². The number of aromatic nitrogens is 2. The Morgan fingerprint density at radius 1 is 1.37 bits per heavy atom. The molecule has 1 aromatic heterocycles. The number of fused-ring (bicyclic) bond motifs is 2. The standard InChI is InChI=1S/C17H20ClN4O5/c1-17(2)26-11-10(25-13(12(11)27-17)16(23)21(3)24-4)7-22-6-5-9-14(18)19-8-20-15(9)22/h5-8,10-13H,1-4H3/q+1/b22-7-. The molecule has 0 spiro atoms. The van der Waals surface area contributed by atoms with Crippen LogP contribution < -0.4 is 0 Å². The number of carbonyl (C=O) groups excluding carboxylic acids is 1. The van der Waals surface area contributed by atoms with Crippen LogP contribution in [0.15, 0.2) is 12.5 Å². The van der Waals surface area contributed by atoms with Crippen molar-refractivity contribution in [3.8, 4) is 0 Å². The van der Waals surface area contributed by atoms with Crippen molar-refractivity contribution in [2.45, 2.75) is 44.1 Å². The van der Waals surface area contributed by atoms with Crippen molar-refractivity contribution in [3.05, 3.63) is 23.2 Å². The predicted molar refractivity (Wildman–Crippen MR) is 94.3 cm³/mol. The van der Waals surface area contributed by atoms with Crippen LogP contribution in [0.5, 0.6) is 0 Å². The summed E-state index contributed by atoms with van der Waals surface area (Å²) in [6.45, 7) is 3.62. The van der Waals surface area contributed by atoms with Crippen LogP contribution in [0.3, 0.4) is 0 Å². The summed E-state index contributed by atoms with van der Waals surface area (Å²) in [5, 5.41) is 1.49. The summed E-state index contributed by atoms with van der Waals surface area (Å²) >= 11 is 6.11. The topological polar surface area (TPSA) is 86.0 Å². The first kappa shape index (κ1) is 18.5. The van der Waals surface area contributed by atoms with Crippen molar-refractivity contribution >= 4 is 35.6 Å². The molecule has 0 bridgehead atoms. The molecular weight excluding hydrogens is 376 g/mol. The van der Waals surface area contributed by atoms with Crippen LogP contribution >= 0.6 is 11.6 Å². The summed E-state index contributed by atoms with van der Waals surface area (Å²) < 4.78 is 19.7. The molecule has 2 saturated heterocycles. The molecule has 0 saturated carbocycles. The number of halogens is 1. The lowest BCUT2D eigenvalue weighted by atomic mass is 10.1. The summed E-state index contributed by atoms with van der Waals surface area (Å²) in [6.07, 6.45) is 4.45. The van der Waals surface area contributed by atoms with E-state index in [9.17, 15) is 4.79 Å². The van der Waals surface area contributed by atoms with Crippen LogP contribution in [0.2, 0.25) is 5.15 Å². The van der Waals surface area contributed by atoms with E-state index in [1.807, 2.05) is 19.9 Å². The highest BCUT2D eigenvalue weighted by Gasteiger charge is 2.58. The first-order valence-corrected chi connectivity index (χ1v) is 8.83. The minimum Gasteiger partial charge on any atom is -0.351 e. The number of carbonyl (C=O) groups is 1. The first-order chi connectivity index (χ1) is 12.8. The van der Waals surface area contributed by atoms with Crippen molar-refractivity contribution in [1.29, 1.82) is 0 Å². The number of rotatable bonds is 3. The highest BCUT2D eigenvalue weighted by atomic mass is 35.5. The number of hydrogen-bond donors (Lipinski definition) is 0. The number of amides is 1. The van der Waals surface area contributed by atoms with Gasteiger partial charge in [-0.2, -0.15) is 4.98 Å². The van der Waals surface area contributed by atoms with Gasteiger partial charge in [-0.3, -0.25) is 9.63 Å². The fourth-order valence-electron chi connectivity index (χ4n) is 3.44. The SMILES string of the molecule is CON(C)C(=O)C1OC(/C=[N+]2/C=Cc3c(Cl)ncnc32)C2OC(C)(C)OC12. The zero-order chi connectivity index (χ0) is 19.3. The van der Waals surface area contributed by atoms with E-state index < -0.39 is 30.2 Å². The van der Waals surface area contributed by atoms with Gasteiger partial charge in [0.05, 0.1) is 13.3 Å². The highest BCUT2D eigenvalue weighted by Crippen LogP contribution is 2.39. The number of ether oxygens (including phenoxy) is 3. The minimum absolute atomic E-state index is 0.340. The number of hydrogen-bond acceptors (Lipinski definition) is 7. The van der Waals surface area contributed by atoms with E-state index in [2.05, 4.69) is 9.97 Å². The van der Waals surface area contributed by atoms with Crippen LogP contribution in [0, 0.1) is 0 Å². The smallest absolute Gasteiger partial charge is 0.339 e. The molecule has 4 atom stereocenters. The number of hydroxylamine groups is 2. The largest absolute Gasteiger partial charge is 0.351 e. The van der Waals surface area contributed by atoms with E-state index in [4.69, 9.17) is 30.6 Å². The van der Waals surface area contributed by atoms with Crippen LogP contribution in [0.25, 0.3) is 6.08 Å². The Balaban J connectivity index is 1.65. The molecule has 4 heterocycles. The molecular formula is C17H20ClN4O5+. The van der Waals surface area contributed by atoms with Gasteiger partial charge >= 0.3 is 5.82 Å². The van der Waals surface area contributed by atoms with Crippen LogP contribution in [0.4, 0.5) is 5.82 Å². The third-order valence-electron chi connectivity index (χ3n) is 4.69. The Labute approximate surface area is 161 Å². The molecule has 27 heavy (non-hydrogen) atoms. The monoisotopic (exact) mass is 395 g/mol. The lowest BCUT2D eigenvalue weighted by Gasteiger charge is -2.24. The molecule has 3 aliphatic heterocycles. The molecule has 1 amide bonds. The van der Waals surface area contributed by atoms with Crippen LogP contribution in [-0.4, -0.2) is 76.1 Å². The van der Waals surface area contributed by atoms with Crippen LogP contribution in [-0.2, 0) is 23.8 Å². The summed E-state index contributed by atoms with van der Waals surface area (Å²) in [4.78, 5) is 25.9. The molecule has 9 nitrogen and oxygen atoms in total. The Morgan fingerprint density at radius 3 is 2.85 bits per heavy atom. The number of likely N-dealkylation sites (N-methyl/N-ethyl adjacent to an activating group) is 1. The summed E-state index contributed by atoms with van der Waals surface area (Å²) in [7, 11) is 2.94. The van der Waals surface area contributed by atoms with Gasteiger partial charge in [-0.05, 0) is 24.9 Å².